The van der Waals surface area contributed by atoms with Crippen LogP contribution in [0.25, 0.3) is 11.5 Å². The Kier molecular flexibility index (Phi) is 9.68. The zero-order valence-electron chi connectivity index (χ0n) is 22.7. The summed E-state index contributed by atoms with van der Waals surface area (Å²) in [5, 5.41) is 1.00. The quantitative estimate of drug-likeness (QED) is 0.145. The lowest BCUT2D eigenvalue weighted by molar-refractivity contribution is -0.0571. The Hall–Kier alpha value is -3.99. The van der Waals surface area contributed by atoms with Crippen LogP contribution < -0.4 is 4.74 Å². The van der Waals surface area contributed by atoms with Crippen molar-refractivity contribution in [3.05, 3.63) is 94.5 Å². The first-order valence-electron chi connectivity index (χ1n) is 13.4. The second-order valence-electron chi connectivity index (χ2n) is 9.55. The predicted molar refractivity (Wildman–Crippen MR) is 155 cm³/mol. The van der Waals surface area contributed by atoms with Crippen molar-refractivity contribution >= 4 is 35.1 Å². The Labute approximate surface area is 252 Å². The van der Waals surface area contributed by atoms with E-state index in [0.29, 0.717) is 51.6 Å². The molecular formula is C30H28Cl2N4O6. The molecule has 0 N–H and O–H groups in total. The average molecular weight is 611 g/mol. The summed E-state index contributed by atoms with van der Waals surface area (Å²) < 4.78 is 25.0. The fourth-order valence-corrected chi connectivity index (χ4v) is 4.51. The molecule has 1 saturated heterocycles. The van der Waals surface area contributed by atoms with E-state index in [2.05, 4.69) is 21.9 Å². The molecule has 0 aliphatic carbocycles. The van der Waals surface area contributed by atoms with Gasteiger partial charge < -0.3 is 23.5 Å². The number of rotatable bonds is 11. The number of hydrogen-bond acceptors (Lipinski definition) is 9. The molecule has 1 aliphatic rings. The number of carbonyl (C=O) groups excluding carboxylic acids is 2. The van der Waals surface area contributed by atoms with Crippen LogP contribution >= 0.6 is 23.2 Å². The van der Waals surface area contributed by atoms with Gasteiger partial charge in [-0.1, -0.05) is 36.5 Å². The normalized spacial score (nSPS) is 18.0. The lowest BCUT2D eigenvalue weighted by Gasteiger charge is -2.19. The molecular weight excluding hydrogens is 583 g/mol. The van der Waals surface area contributed by atoms with Gasteiger partial charge in [-0.25, -0.2) is 19.6 Å². The molecule has 2 aromatic heterocycles. The SMILES string of the molecule is CCCCOc1ccnc(-c2cn([C@H]3C[C@@H](OC(=O)c4ccc(Cl)cc4)[C@@H](COC(=O)c4ccc(Cl)cc4)O3)cn2)n1. The van der Waals surface area contributed by atoms with Crippen LogP contribution in [-0.4, -0.2) is 56.9 Å². The minimum Gasteiger partial charge on any atom is -0.478 e. The van der Waals surface area contributed by atoms with Gasteiger partial charge in [-0.15, -0.1) is 0 Å². The smallest absolute Gasteiger partial charge is 0.338 e. The van der Waals surface area contributed by atoms with Gasteiger partial charge >= 0.3 is 11.9 Å². The van der Waals surface area contributed by atoms with Gasteiger partial charge in [0.05, 0.1) is 24.1 Å². The second kappa shape index (κ2) is 13.8. The Morgan fingerprint density at radius 3 is 2.36 bits per heavy atom. The zero-order chi connectivity index (χ0) is 29.5. The molecule has 218 valence electrons. The minimum absolute atomic E-state index is 0.141. The number of unbranched alkanes of at least 4 members (excludes halogenated alkanes) is 1. The average Bonchev–Trinajstić information content (AvgIpc) is 3.65. The van der Waals surface area contributed by atoms with Gasteiger partial charge in [0.2, 0.25) is 5.88 Å². The number of nitrogens with zero attached hydrogens (tertiary/aromatic N) is 4. The van der Waals surface area contributed by atoms with Crippen molar-refractivity contribution in [1.29, 1.82) is 0 Å². The van der Waals surface area contributed by atoms with Crippen LogP contribution in [0.15, 0.2) is 73.3 Å². The van der Waals surface area contributed by atoms with Crippen molar-refractivity contribution in [1.82, 2.24) is 19.5 Å². The molecule has 42 heavy (non-hydrogen) atoms. The molecule has 10 nitrogen and oxygen atoms in total. The molecule has 5 rings (SSSR count). The van der Waals surface area contributed by atoms with Gasteiger partial charge in [-0.2, -0.15) is 4.98 Å². The summed E-state index contributed by atoms with van der Waals surface area (Å²) in [6, 6.07) is 14.4. The number of hydrogen-bond donors (Lipinski definition) is 0. The van der Waals surface area contributed by atoms with E-state index in [1.54, 1.807) is 77.9 Å². The largest absolute Gasteiger partial charge is 0.478 e. The van der Waals surface area contributed by atoms with Gasteiger partial charge in [0.25, 0.3) is 0 Å². The molecule has 0 spiro atoms. The van der Waals surface area contributed by atoms with E-state index in [4.69, 9.17) is 42.1 Å². The molecule has 0 bridgehead atoms. The van der Waals surface area contributed by atoms with Crippen LogP contribution in [0, 0.1) is 0 Å². The van der Waals surface area contributed by atoms with Gasteiger partial charge in [0, 0.05) is 34.9 Å². The van der Waals surface area contributed by atoms with Crippen molar-refractivity contribution in [3.8, 4) is 17.4 Å². The van der Waals surface area contributed by atoms with Crippen LogP contribution in [0.4, 0.5) is 0 Å². The van der Waals surface area contributed by atoms with Gasteiger partial charge in [-0.05, 0) is 55.0 Å². The lowest BCUT2D eigenvalue weighted by atomic mass is 10.1. The molecule has 4 aromatic rings. The van der Waals surface area contributed by atoms with Gasteiger partial charge in [0.1, 0.15) is 30.7 Å². The number of halogens is 2. The first-order valence-corrected chi connectivity index (χ1v) is 14.2. The minimum atomic E-state index is -0.736. The third-order valence-electron chi connectivity index (χ3n) is 6.52. The van der Waals surface area contributed by atoms with Crippen molar-refractivity contribution in [3.63, 3.8) is 0 Å². The highest BCUT2D eigenvalue weighted by Gasteiger charge is 2.40. The molecule has 3 heterocycles. The number of esters is 2. The standard InChI is InChI=1S/C30H28Cl2N4O6/c1-2-3-14-39-26-12-13-33-28(35-26)23-16-36(18-34-23)27-15-24(42-30(38)20-6-10-22(32)11-7-20)25(41-27)17-40-29(37)19-4-8-21(31)9-5-19/h4-13,16,18,24-25,27H,2-3,14-15,17H2,1H3/t24-,25-,27-/m1/s1. The molecule has 12 heteroatoms. The maximum absolute atomic E-state index is 12.9. The third kappa shape index (κ3) is 7.44. The third-order valence-corrected chi connectivity index (χ3v) is 7.02. The summed E-state index contributed by atoms with van der Waals surface area (Å²) in [4.78, 5) is 38.8. The van der Waals surface area contributed by atoms with Gasteiger partial charge in [-0.3, -0.25) is 0 Å². The predicted octanol–water partition coefficient (Wildman–Crippen LogP) is 6.20. The Bertz CT molecular complexity index is 1510. The zero-order valence-corrected chi connectivity index (χ0v) is 24.2. The van der Waals surface area contributed by atoms with E-state index >= 15 is 0 Å². The maximum Gasteiger partial charge on any atom is 0.338 e. The monoisotopic (exact) mass is 610 g/mol. The Morgan fingerprint density at radius 2 is 1.67 bits per heavy atom. The highest BCUT2D eigenvalue weighted by molar-refractivity contribution is 6.31. The van der Waals surface area contributed by atoms with Crippen molar-refractivity contribution in [2.75, 3.05) is 13.2 Å². The van der Waals surface area contributed by atoms with Crippen LogP contribution in [0.1, 0.15) is 53.1 Å². The second-order valence-corrected chi connectivity index (χ2v) is 10.4. The van der Waals surface area contributed by atoms with Crippen LogP contribution in [0.2, 0.25) is 10.0 Å². The molecule has 2 aromatic carbocycles. The first-order chi connectivity index (χ1) is 20.4. The number of imidazole rings is 1. The maximum atomic E-state index is 12.9. The van der Waals surface area contributed by atoms with E-state index in [9.17, 15) is 9.59 Å². The topological polar surface area (TPSA) is 115 Å². The van der Waals surface area contributed by atoms with Gasteiger partial charge in [0.15, 0.2) is 5.82 Å². The number of benzene rings is 2. The highest BCUT2D eigenvalue weighted by Crippen LogP contribution is 2.33. The molecule has 0 unspecified atom stereocenters. The first kappa shape index (κ1) is 29.5. The molecule has 0 radical (unpaired) electrons. The molecule has 0 amide bonds. The lowest BCUT2D eigenvalue weighted by Crippen LogP contribution is -2.32. The number of ether oxygens (including phenoxy) is 4. The summed E-state index contributed by atoms with van der Waals surface area (Å²) in [5.41, 5.74) is 1.19. The fourth-order valence-electron chi connectivity index (χ4n) is 4.25. The summed E-state index contributed by atoms with van der Waals surface area (Å²) in [6.07, 6.45) is 5.18. The van der Waals surface area contributed by atoms with E-state index in [0.717, 1.165) is 12.8 Å². The van der Waals surface area contributed by atoms with Crippen LogP contribution in [-0.2, 0) is 14.2 Å². The highest BCUT2D eigenvalue weighted by atomic mass is 35.5. The summed E-state index contributed by atoms with van der Waals surface area (Å²) in [7, 11) is 0. The fraction of sp³-hybridized carbons (Fsp3) is 0.300. The molecule has 0 saturated carbocycles. The summed E-state index contributed by atoms with van der Waals surface area (Å²) in [6.45, 7) is 2.51. The molecule has 1 fully saturated rings. The summed E-state index contributed by atoms with van der Waals surface area (Å²) in [5.74, 6) is -0.226. The van der Waals surface area contributed by atoms with E-state index in [1.165, 1.54) is 0 Å². The van der Waals surface area contributed by atoms with Crippen molar-refractivity contribution in [2.45, 2.75) is 44.6 Å². The van der Waals surface area contributed by atoms with Crippen molar-refractivity contribution < 1.29 is 28.5 Å². The molecule has 3 atom stereocenters. The Morgan fingerprint density at radius 1 is 0.976 bits per heavy atom. The van der Waals surface area contributed by atoms with E-state index in [-0.39, 0.29) is 6.61 Å². The van der Waals surface area contributed by atoms with E-state index in [1.807, 2.05) is 0 Å². The van der Waals surface area contributed by atoms with Crippen molar-refractivity contribution in [2.24, 2.45) is 0 Å². The van der Waals surface area contributed by atoms with Crippen LogP contribution in [0.5, 0.6) is 5.88 Å². The molecule has 1 aliphatic heterocycles. The number of carbonyl (C=O) groups is 2. The van der Waals surface area contributed by atoms with Crippen LogP contribution in [0.3, 0.4) is 0 Å². The Balaban J connectivity index is 1.30. The number of aromatic nitrogens is 4. The summed E-state index contributed by atoms with van der Waals surface area (Å²) >= 11 is 11.9. The van der Waals surface area contributed by atoms with E-state index < -0.39 is 30.4 Å².